The summed E-state index contributed by atoms with van der Waals surface area (Å²) in [5.74, 6) is 6.08. The van der Waals surface area contributed by atoms with Gasteiger partial charge in [0.25, 0.3) is 0 Å². The van der Waals surface area contributed by atoms with E-state index in [1.54, 1.807) is 6.08 Å². The van der Waals surface area contributed by atoms with Crippen molar-refractivity contribution in [3.63, 3.8) is 0 Å². The van der Waals surface area contributed by atoms with E-state index in [9.17, 15) is 0 Å². The van der Waals surface area contributed by atoms with Crippen molar-refractivity contribution in [2.24, 2.45) is 17.4 Å². The van der Waals surface area contributed by atoms with Crippen LogP contribution in [0.2, 0.25) is 0 Å². The molecule has 4 N–H and O–H groups in total. The summed E-state index contributed by atoms with van der Waals surface area (Å²) in [6.07, 6.45) is 4.36. The highest BCUT2D eigenvalue weighted by atomic mass is 14.8. The molecule has 0 aliphatic carbocycles. The predicted octanol–water partition coefficient (Wildman–Crippen LogP) is 0.836. The lowest BCUT2D eigenvalue weighted by atomic mass is 10.1. The monoisotopic (exact) mass is 152 g/mol. The lowest BCUT2D eigenvalue weighted by Gasteiger charge is -1.94. The average Bonchev–Trinajstić information content (AvgIpc) is 1.85. The number of hydrogen-bond acceptors (Lipinski definition) is 2. The number of allylic oxidation sites excluding steroid dienone is 2. The molecule has 2 heteroatoms. The zero-order chi connectivity index (χ0) is 8.69. The van der Waals surface area contributed by atoms with Crippen LogP contribution in [0, 0.1) is 17.8 Å². The van der Waals surface area contributed by atoms with Crippen LogP contribution in [-0.2, 0) is 0 Å². The molecule has 0 spiro atoms. The molecule has 0 aromatic heterocycles. The van der Waals surface area contributed by atoms with Crippen molar-refractivity contribution >= 4 is 0 Å². The van der Waals surface area contributed by atoms with Crippen molar-refractivity contribution in [2.45, 2.75) is 26.4 Å². The van der Waals surface area contributed by atoms with E-state index < -0.39 is 6.17 Å². The minimum absolute atomic E-state index is 0.515. The van der Waals surface area contributed by atoms with Crippen LogP contribution in [0.4, 0.5) is 0 Å². The Bertz CT molecular complexity index is 170. The Kier molecular flexibility index (Phi) is 5.54. The molecular weight excluding hydrogens is 136 g/mol. The maximum absolute atomic E-state index is 5.20. The maximum Gasteiger partial charge on any atom is 0.116 e. The second kappa shape index (κ2) is 5.96. The highest BCUT2D eigenvalue weighted by Crippen LogP contribution is 1.98. The highest BCUT2D eigenvalue weighted by Gasteiger charge is 1.85. The maximum atomic E-state index is 5.20. The molecule has 2 nitrogen and oxygen atoms in total. The second-order valence-corrected chi connectivity index (χ2v) is 2.85. The summed E-state index contributed by atoms with van der Waals surface area (Å²) < 4.78 is 0. The van der Waals surface area contributed by atoms with Crippen LogP contribution < -0.4 is 11.5 Å². The van der Waals surface area contributed by atoms with Gasteiger partial charge in [-0.3, -0.25) is 0 Å². The highest BCUT2D eigenvalue weighted by molar-refractivity contribution is 5.17. The average molecular weight is 152 g/mol. The van der Waals surface area contributed by atoms with E-state index in [1.807, 2.05) is 6.08 Å². The quantitative estimate of drug-likeness (QED) is 0.455. The Hall–Kier alpha value is -0.780. The van der Waals surface area contributed by atoms with E-state index in [0.717, 1.165) is 6.42 Å². The first-order valence-corrected chi connectivity index (χ1v) is 3.80. The first kappa shape index (κ1) is 10.2. The Morgan fingerprint density at radius 3 is 2.45 bits per heavy atom. The fraction of sp³-hybridized carbons (Fsp3) is 0.556. The molecule has 0 radical (unpaired) electrons. The lowest BCUT2D eigenvalue weighted by Crippen LogP contribution is -2.27. The summed E-state index contributed by atoms with van der Waals surface area (Å²) in [6.45, 7) is 4.32. The van der Waals surface area contributed by atoms with Gasteiger partial charge in [0.05, 0.1) is 0 Å². The minimum Gasteiger partial charge on any atom is -0.306 e. The van der Waals surface area contributed by atoms with Crippen molar-refractivity contribution in [1.82, 2.24) is 0 Å². The normalized spacial score (nSPS) is 10.7. The molecular formula is C9H16N2. The van der Waals surface area contributed by atoms with Crippen LogP contribution in [0.3, 0.4) is 0 Å². The SMILES string of the molecule is CC(C)CC=CC#CC(N)N. The predicted molar refractivity (Wildman–Crippen MR) is 48.5 cm³/mol. The zero-order valence-electron chi connectivity index (χ0n) is 7.17. The summed E-state index contributed by atoms with van der Waals surface area (Å²) in [5.41, 5.74) is 10.4. The molecule has 62 valence electrons. The summed E-state index contributed by atoms with van der Waals surface area (Å²) in [4.78, 5) is 0. The Labute approximate surface area is 68.6 Å². The summed E-state index contributed by atoms with van der Waals surface area (Å²) in [5, 5.41) is 0. The van der Waals surface area contributed by atoms with Gasteiger partial charge < -0.3 is 11.5 Å². The van der Waals surface area contributed by atoms with Gasteiger partial charge in [-0.2, -0.15) is 0 Å². The van der Waals surface area contributed by atoms with Crippen molar-refractivity contribution in [3.05, 3.63) is 12.2 Å². The number of nitrogens with two attached hydrogens (primary N) is 2. The Morgan fingerprint density at radius 2 is 2.00 bits per heavy atom. The van der Waals surface area contributed by atoms with E-state index in [1.165, 1.54) is 0 Å². The molecule has 0 atom stereocenters. The fourth-order valence-corrected chi connectivity index (χ4v) is 0.543. The molecule has 0 unspecified atom stereocenters. The Balaban J connectivity index is 3.54. The minimum atomic E-state index is -0.515. The van der Waals surface area contributed by atoms with E-state index in [4.69, 9.17) is 11.5 Å². The molecule has 0 fully saturated rings. The van der Waals surface area contributed by atoms with Gasteiger partial charge in [-0.15, -0.1) is 0 Å². The molecule has 0 aliphatic heterocycles. The van der Waals surface area contributed by atoms with Crippen LogP contribution in [0.15, 0.2) is 12.2 Å². The summed E-state index contributed by atoms with van der Waals surface area (Å²) in [6, 6.07) is 0. The van der Waals surface area contributed by atoms with Gasteiger partial charge in [0.15, 0.2) is 0 Å². The van der Waals surface area contributed by atoms with Gasteiger partial charge in [-0.1, -0.05) is 31.8 Å². The van der Waals surface area contributed by atoms with Gasteiger partial charge in [0, 0.05) is 0 Å². The van der Waals surface area contributed by atoms with Crippen LogP contribution in [0.1, 0.15) is 20.3 Å². The third-order valence-electron chi connectivity index (χ3n) is 1.06. The zero-order valence-corrected chi connectivity index (χ0v) is 7.17. The van der Waals surface area contributed by atoms with Crippen molar-refractivity contribution in [2.75, 3.05) is 0 Å². The third-order valence-corrected chi connectivity index (χ3v) is 1.06. The van der Waals surface area contributed by atoms with Crippen LogP contribution >= 0.6 is 0 Å². The molecule has 0 aliphatic rings. The molecule has 0 amide bonds. The molecule has 11 heavy (non-hydrogen) atoms. The van der Waals surface area contributed by atoms with E-state index in [0.29, 0.717) is 5.92 Å². The second-order valence-electron chi connectivity index (χ2n) is 2.85. The molecule has 0 bridgehead atoms. The van der Waals surface area contributed by atoms with Gasteiger partial charge in [-0.05, 0) is 18.4 Å². The lowest BCUT2D eigenvalue weighted by molar-refractivity contribution is 0.664. The van der Waals surface area contributed by atoms with Gasteiger partial charge in [-0.25, -0.2) is 0 Å². The van der Waals surface area contributed by atoms with E-state index in [2.05, 4.69) is 25.7 Å². The van der Waals surface area contributed by atoms with Crippen molar-refractivity contribution in [3.8, 4) is 11.8 Å². The topological polar surface area (TPSA) is 52.0 Å². The largest absolute Gasteiger partial charge is 0.306 e. The van der Waals surface area contributed by atoms with Gasteiger partial charge >= 0.3 is 0 Å². The van der Waals surface area contributed by atoms with E-state index in [-0.39, 0.29) is 0 Å². The Morgan fingerprint density at radius 1 is 1.36 bits per heavy atom. The summed E-state index contributed by atoms with van der Waals surface area (Å²) >= 11 is 0. The molecule has 0 heterocycles. The standard InChI is InChI=1S/C9H16N2/c1-8(2)6-4-3-5-7-9(10)11/h3-4,8-9H,6,10-11H2,1-2H3. The van der Waals surface area contributed by atoms with Gasteiger partial charge in [0.1, 0.15) is 6.17 Å². The van der Waals surface area contributed by atoms with Crippen LogP contribution in [0.5, 0.6) is 0 Å². The molecule has 0 aromatic rings. The number of hydrogen-bond donors (Lipinski definition) is 2. The third kappa shape index (κ3) is 9.22. The van der Waals surface area contributed by atoms with Crippen molar-refractivity contribution < 1.29 is 0 Å². The number of rotatable bonds is 2. The van der Waals surface area contributed by atoms with Gasteiger partial charge in [0.2, 0.25) is 0 Å². The first-order chi connectivity index (χ1) is 5.13. The van der Waals surface area contributed by atoms with Crippen molar-refractivity contribution in [1.29, 1.82) is 0 Å². The smallest absolute Gasteiger partial charge is 0.116 e. The fourth-order valence-electron chi connectivity index (χ4n) is 0.543. The molecule has 0 aromatic carbocycles. The van der Waals surface area contributed by atoms with Crippen LogP contribution in [0.25, 0.3) is 0 Å². The molecule has 0 saturated carbocycles. The first-order valence-electron chi connectivity index (χ1n) is 3.80. The van der Waals surface area contributed by atoms with Crippen LogP contribution in [-0.4, -0.2) is 6.17 Å². The molecule has 0 rings (SSSR count). The molecule has 0 saturated heterocycles. The summed E-state index contributed by atoms with van der Waals surface area (Å²) in [7, 11) is 0. The van der Waals surface area contributed by atoms with E-state index >= 15 is 0 Å².